The van der Waals surface area contributed by atoms with Crippen molar-refractivity contribution in [1.82, 2.24) is 9.97 Å². The van der Waals surface area contributed by atoms with Crippen LogP contribution in [-0.4, -0.2) is 15.1 Å². The van der Waals surface area contributed by atoms with Crippen LogP contribution in [0.25, 0.3) is 10.9 Å². The highest BCUT2D eigenvalue weighted by molar-refractivity contribution is 5.87. The number of nitrogens with two attached hydrogens (primary N) is 1. The van der Waals surface area contributed by atoms with Gasteiger partial charge in [0.25, 0.3) is 0 Å². The fourth-order valence-corrected chi connectivity index (χ4v) is 1.45. The molecule has 0 aliphatic heterocycles. The molecular weight excluding hydrogens is 226 g/mol. The molecule has 18 heavy (non-hydrogen) atoms. The molecule has 1 heterocycles. The van der Waals surface area contributed by atoms with E-state index in [0.717, 1.165) is 10.9 Å². The molecule has 3 aromatic rings. The van der Waals surface area contributed by atoms with Gasteiger partial charge < -0.3 is 10.8 Å². The Morgan fingerprint density at radius 3 is 2.11 bits per heavy atom. The molecule has 0 radical (unpaired) electrons. The van der Waals surface area contributed by atoms with Crippen LogP contribution >= 0.6 is 0 Å². The maximum Gasteiger partial charge on any atom is 0.134 e. The number of anilines is 1. The van der Waals surface area contributed by atoms with Gasteiger partial charge in [-0.2, -0.15) is 0 Å². The van der Waals surface area contributed by atoms with Gasteiger partial charge in [-0.1, -0.05) is 30.3 Å². The highest BCUT2D eigenvalue weighted by Crippen LogP contribution is 2.14. The number of rotatable bonds is 0. The van der Waals surface area contributed by atoms with Crippen molar-refractivity contribution in [1.29, 1.82) is 0 Å². The van der Waals surface area contributed by atoms with Crippen molar-refractivity contribution in [3.05, 3.63) is 60.9 Å². The van der Waals surface area contributed by atoms with Crippen LogP contribution in [0.4, 0.5) is 5.82 Å². The van der Waals surface area contributed by atoms with Crippen LogP contribution in [0.15, 0.2) is 60.9 Å². The first-order valence-electron chi connectivity index (χ1n) is 5.46. The summed E-state index contributed by atoms with van der Waals surface area (Å²) in [5.41, 5.74) is 6.49. The summed E-state index contributed by atoms with van der Waals surface area (Å²) in [6.07, 6.45) is 1.47. The minimum Gasteiger partial charge on any atom is -0.508 e. The van der Waals surface area contributed by atoms with Gasteiger partial charge in [-0.05, 0) is 24.3 Å². The van der Waals surface area contributed by atoms with E-state index in [-0.39, 0.29) is 0 Å². The summed E-state index contributed by atoms with van der Waals surface area (Å²) in [5, 5.41) is 9.54. The van der Waals surface area contributed by atoms with Gasteiger partial charge in [0.1, 0.15) is 17.9 Å². The van der Waals surface area contributed by atoms with Crippen molar-refractivity contribution < 1.29 is 5.11 Å². The zero-order chi connectivity index (χ0) is 12.8. The molecule has 3 rings (SSSR count). The number of hydrogen-bond acceptors (Lipinski definition) is 4. The molecule has 4 nitrogen and oxygen atoms in total. The molecule has 0 fully saturated rings. The van der Waals surface area contributed by atoms with E-state index in [0.29, 0.717) is 11.6 Å². The highest BCUT2D eigenvalue weighted by atomic mass is 16.3. The molecule has 3 N–H and O–H groups in total. The van der Waals surface area contributed by atoms with Gasteiger partial charge in [-0.15, -0.1) is 0 Å². The van der Waals surface area contributed by atoms with Crippen molar-refractivity contribution >= 4 is 16.7 Å². The van der Waals surface area contributed by atoms with Crippen molar-refractivity contribution in [2.75, 3.05) is 5.73 Å². The topological polar surface area (TPSA) is 72.0 Å². The van der Waals surface area contributed by atoms with E-state index in [4.69, 9.17) is 10.8 Å². The molecule has 0 atom stereocenters. The smallest absolute Gasteiger partial charge is 0.134 e. The summed E-state index contributed by atoms with van der Waals surface area (Å²) in [6.45, 7) is 0. The van der Waals surface area contributed by atoms with Crippen LogP contribution in [0.2, 0.25) is 0 Å². The van der Waals surface area contributed by atoms with E-state index in [2.05, 4.69) is 9.97 Å². The normalized spacial score (nSPS) is 9.56. The molecule has 0 aliphatic carbocycles. The lowest BCUT2D eigenvalue weighted by atomic mass is 10.2. The van der Waals surface area contributed by atoms with Gasteiger partial charge in [-0.25, -0.2) is 9.97 Å². The van der Waals surface area contributed by atoms with Gasteiger partial charge in [-0.3, -0.25) is 0 Å². The second-order valence-corrected chi connectivity index (χ2v) is 3.61. The first-order valence-corrected chi connectivity index (χ1v) is 5.46. The summed E-state index contributed by atoms with van der Waals surface area (Å²) in [7, 11) is 0. The molecule has 0 saturated heterocycles. The van der Waals surface area contributed by atoms with Crippen molar-refractivity contribution in [3.63, 3.8) is 0 Å². The number of para-hydroxylation sites is 2. The number of aromatic hydroxyl groups is 1. The summed E-state index contributed by atoms with van der Waals surface area (Å²) < 4.78 is 0. The second-order valence-electron chi connectivity index (χ2n) is 3.61. The van der Waals surface area contributed by atoms with E-state index in [1.165, 1.54) is 6.33 Å². The first kappa shape index (κ1) is 11.9. The number of nitrogens with zero attached hydrogens (tertiary/aromatic N) is 2. The van der Waals surface area contributed by atoms with Crippen molar-refractivity contribution in [3.8, 4) is 5.75 Å². The Kier molecular flexibility index (Phi) is 3.71. The van der Waals surface area contributed by atoms with Gasteiger partial charge in [0.05, 0.1) is 5.52 Å². The van der Waals surface area contributed by atoms with Crippen LogP contribution in [0.3, 0.4) is 0 Å². The lowest BCUT2D eigenvalue weighted by molar-refractivity contribution is 0.475. The van der Waals surface area contributed by atoms with Crippen LogP contribution in [0, 0.1) is 0 Å². The Hall–Kier alpha value is -2.62. The molecule has 0 amide bonds. The quantitative estimate of drug-likeness (QED) is 0.632. The zero-order valence-electron chi connectivity index (χ0n) is 9.69. The molecule has 0 unspecified atom stereocenters. The van der Waals surface area contributed by atoms with Gasteiger partial charge in [0.2, 0.25) is 0 Å². The average Bonchev–Trinajstić information content (AvgIpc) is 2.41. The lowest BCUT2D eigenvalue weighted by Gasteiger charge is -1.96. The molecular formula is C14H13N3O. The van der Waals surface area contributed by atoms with Crippen LogP contribution in [0.1, 0.15) is 0 Å². The minimum atomic E-state index is 0.322. The predicted molar refractivity (Wildman–Crippen MR) is 72.1 cm³/mol. The number of nitrogen functional groups attached to an aromatic ring is 1. The summed E-state index contributed by atoms with van der Waals surface area (Å²) >= 11 is 0. The molecule has 4 heteroatoms. The molecule has 90 valence electrons. The van der Waals surface area contributed by atoms with Crippen molar-refractivity contribution in [2.45, 2.75) is 0 Å². The SMILES string of the molecule is Nc1ncnc2ccccc12.Oc1ccccc1. The third-order valence-corrected chi connectivity index (χ3v) is 2.33. The number of aromatic nitrogens is 2. The standard InChI is InChI=1S/C8H7N3.C6H6O/c9-8-6-3-1-2-4-7(6)10-5-11-8;7-6-4-2-1-3-5-6/h1-5H,(H2,9,10,11);1-5,7H. The average molecular weight is 239 g/mol. The van der Waals surface area contributed by atoms with Crippen LogP contribution < -0.4 is 5.73 Å². The van der Waals surface area contributed by atoms with Gasteiger partial charge >= 0.3 is 0 Å². The van der Waals surface area contributed by atoms with E-state index in [1.54, 1.807) is 24.3 Å². The fraction of sp³-hybridized carbons (Fsp3) is 0. The number of benzene rings is 2. The highest BCUT2D eigenvalue weighted by Gasteiger charge is 1.95. The number of phenols is 1. The monoisotopic (exact) mass is 239 g/mol. The van der Waals surface area contributed by atoms with Gasteiger partial charge in [0.15, 0.2) is 0 Å². The molecule has 0 bridgehead atoms. The maximum absolute atomic E-state index is 8.63. The maximum atomic E-state index is 8.63. The zero-order valence-corrected chi connectivity index (χ0v) is 9.69. The van der Waals surface area contributed by atoms with Crippen molar-refractivity contribution in [2.24, 2.45) is 0 Å². The summed E-state index contributed by atoms with van der Waals surface area (Å²) in [4.78, 5) is 7.92. The number of phenolic OH excluding ortho intramolecular Hbond substituents is 1. The molecule has 1 aromatic heterocycles. The summed E-state index contributed by atoms with van der Waals surface area (Å²) in [6, 6.07) is 16.4. The summed E-state index contributed by atoms with van der Waals surface area (Å²) in [5.74, 6) is 0.859. The van der Waals surface area contributed by atoms with Crippen LogP contribution in [-0.2, 0) is 0 Å². The molecule has 2 aromatic carbocycles. The van der Waals surface area contributed by atoms with Gasteiger partial charge in [0, 0.05) is 5.39 Å². The fourth-order valence-electron chi connectivity index (χ4n) is 1.45. The number of hydrogen-bond donors (Lipinski definition) is 2. The van der Waals surface area contributed by atoms with E-state index < -0.39 is 0 Å². The van der Waals surface area contributed by atoms with E-state index >= 15 is 0 Å². The lowest BCUT2D eigenvalue weighted by Crippen LogP contribution is -1.91. The number of fused-ring (bicyclic) bond motifs is 1. The third-order valence-electron chi connectivity index (χ3n) is 2.33. The second kappa shape index (κ2) is 5.63. The van der Waals surface area contributed by atoms with Crippen LogP contribution in [0.5, 0.6) is 5.75 Å². The van der Waals surface area contributed by atoms with E-state index in [9.17, 15) is 0 Å². The Bertz CT molecular complexity index is 621. The Morgan fingerprint density at radius 1 is 0.833 bits per heavy atom. The first-order chi connectivity index (χ1) is 8.77. The molecule has 0 aliphatic rings. The van der Waals surface area contributed by atoms with E-state index in [1.807, 2.05) is 30.3 Å². The third kappa shape index (κ3) is 2.95. The molecule has 0 saturated carbocycles. The minimum absolute atomic E-state index is 0.322. The Morgan fingerprint density at radius 2 is 1.50 bits per heavy atom. The largest absolute Gasteiger partial charge is 0.508 e. The molecule has 0 spiro atoms. The Labute approximate surface area is 105 Å². The Balaban J connectivity index is 0.000000149. The predicted octanol–water partition coefficient (Wildman–Crippen LogP) is 2.60.